The van der Waals surface area contributed by atoms with Gasteiger partial charge in [0.2, 0.25) is 0 Å². The van der Waals surface area contributed by atoms with Crippen molar-refractivity contribution in [3.8, 4) is 0 Å². The van der Waals surface area contributed by atoms with E-state index in [0.717, 1.165) is 30.7 Å². The van der Waals surface area contributed by atoms with Gasteiger partial charge in [-0.25, -0.2) is 4.98 Å². The molecule has 1 N–H and O–H groups in total. The number of imidazole rings is 1. The Labute approximate surface area is 142 Å². The number of aromatic nitrogens is 2. The highest BCUT2D eigenvalue weighted by Gasteiger charge is 2.38. The van der Waals surface area contributed by atoms with Crippen molar-refractivity contribution >= 4 is 5.91 Å². The molecule has 2 aliphatic rings. The molecule has 5 nitrogen and oxygen atoms in total. The third-order valence-corrected chi connectivity index (χ3v) is 5.29. The molecule has 1 amide bonds. The number of hydrogen-bond acceptors (Lipinski definition) is 3. The van der Waals surface area contributed by atoms with Gasteiger partial charge in [0.1, 0.15) is 5.82 Å². The summed E-state index contributed by atoms with van der Waals surface area (Å²) < 4.78 is 5.51. The summed E-state index contributed by atoms with van der Waals surface area (Å²) in [5.41, 5.74) is 3.52. The highest BCUT2D eigenvalue weighted by Crippen LogP contribution is 2.33. The minimum Gasteiger partial charge on any atom is -0.380 e. The number of benzene rings is 1. The van der Waals surface area contributed by atoms with Crippen LogP contribution >= 0.6 is 0 Å². The maximum atomic E-state index is 13.1. The molecule has 2 heterocycles. The first-order valence-corrected chi connectivity index (χ1v) is 8.71. The predicted molar refractivity (Wildman–Crippen MR) is 90.9 cm³/mol. The molecule has 1 aliphatic heterocycles. The standard InChI is InChI=1S/C19H23N3O2/c1-24-16-11-17(18-20-8-9-21-18)22(12-16)19(23)15-7-6-13-4-2-3-5-14(13)10-15/h6-10,16-17H,2-5,11-12H2,1H3,(H,20,21)/t16-,17?/m1/s1. The van der Waals surface area contributed by atoms with Crippen molar-refractivity contribution in [1.29, 1.82) is 0 Å². The van der Waals surface area contributed by atoms with Gasteiger partial charge in [0, 0.05) is 38.0 Å². The molecule has 2 atom stereocenters. The van der Waals surface area contributed by atoms with Crippen LogP contribution in [0.25, 0.3) is 0 Å². The first-order chi connectivity index (χ1) is 11.8. The number of likely N-dealkylation sites (tertiary alicyclic amines) is 1. The van der Waals surface area contributed by atoms with Crippen LogP contribution in [0.5, 0.6) is 0 Å². The summed E-state index contributed by atoms with van der Waals surface area (Å²) in [7, 11) is 1.71. The number of ether oxygens (including phenoxy) is 1. The number of nitrogens with one attached hydrogen (secondary N) is 1. The van der Waals surface area contributed by atoms with Gasteiger partial charge in [-0.1, -0.05) is 6.07 Å². The van der Waals surface area contributed by atoms with Crippen molar-refractivity contribution in [2.75, 3.05) is 13.7 Å². The van der Waals surface area contributed by atoms with Gasteiger partial charge in [0.15, 0.2) is 0 Å². The van der Waals surface area contributed by atoms with E-state index in [2.05, 4.69) is 22.1 Å². The lowest BCUT2D eigenvalue weighted by Crippen LogP contribution is -2.32. The number of carbonyl (C=O) groups is 1. The number of fused-ring (bicyclic) bond motifs is 1. The molecular weight excluding hydrogens is 302 g/mol. The molecule has 1 unspecified atom stereocenters. The maximum absolute atomic E-state index is 13.1. The third kappa shape index (κ3) is 2.73. The molecular formula is C19H23N3O2. The van der Waals surface area contributed by atoms with Crippen LogP contribution in [-0.4, -0.2) is 40.5 Å². The topological polar surface area (TPSA) is 58.2 Å². The van der Waals surface area contributed by atoms with Crippen LogP contribution < -0.4 is 0 Å². The largest absolute Gasteiger partial charge is 0.380 e. The van der Waals surface area contributed by atoms with Crippen molar-refractivity contribution in [3.05, 3.63) is 53.1 Å². The van der Waals surface area contributed by atoms with E-state index >= 15 is 0 Å². The van der Waals surface area contributed by atoms with Crippen molar-refractivity contribution in [1.82, 2.24) is 14.9 Å². The van der Waals surface area contributed by atoms with Crippen molar-refractivity contribution in [2.24, 2.45) is 0 Å². The molecule has 1 aromatic heterocycles. The quantitative estimate of drug-likeness (QED) is 0.944. The number of aromatic amines is 1. The molecule has 4 rings (SSSR count). The fourth-order valence-corrected chi connectivity index (χ4v) is 3.94. The van der Waals surface area contributed by atoms with E-state index in [9.17, 15) is 4.79 Å². The Balaban J connectivity index is 1.62. The Kier molecular flexibility index (Phi) is 4.10. The Hall–Kier alpha value is -2.14. The maximum Gasteiger partial charge on any atom is 0.254 e. The minimum atomic E-state index is -0.0477. The molecule has 5 heteroatoms. The Morgan fingerprint density at radius 3 is 2.88 bits per heavy atom. The van der Waals surface area contributed by atoms with Crippen LogP contribution in [0.15, 0.2) is 30.6 Å². The Morgan fingerprint density at radius 2 is 2.12 bits per heavy atom. The smallest absolute Gasteiger partial charge is 0.254 e. The van der Waals surface area contributed by atoms with Crippen LogP contribution in [0.3, 0.4) is 0 Å². The number of rotatable bonds is 3. The summed E-state index contributed by atoms with van der Waals surface area (Å²) in [6, 6.07) is 6.16. The Bertz CT molecular complexity index is 726. The van der Waals surface area contributed by atoms with E-state index in [4.69, 9.17) is 4.74 Å². The van der Waals surface area contributed by atoms with Gasteiger partial charge in [-0.05, 0) is 48.9 Å². The van der Waals surface area contributed by atoms with E-state index in [0.29, 0.717) is 6.54 Å². The van der Waals surface area contributed by atoms with Crippen molar-refractivity contribution in [3.63, 3.8) is 0 Å². The number of methoxy groups -OCH3 is 1. The summed E-state index contributed by atoms with van der Waals surface area (Å²) in [5, 5.41) is 0. The zero-order valence-electron chi connectivity index (χ0n) is 14.0. The summed E-state index contributed by atoms with van der Waals surface area (Å²) in [6.45, 7) is 0.609. The predicted octanol–water partition coefficient (Wildman–Crippen LogP) is 2.89. The lowest BCUT2D eigenvalue weighted by molar-refractivity contribution is 0.0684. The fourth-order valence-electron chi connectivity index (χ4n) is 3.94. The molecule has 1 fully saturated rings. The summed E-state index contributed by atoms with van der Waals surface area (Å²) in [5.74, 6) is 0.908. The molecule has 24 heavy (non-hydrogen) atoms. The van der Waals surface area contributed by atoms with Gasteiger partial charge in [-0.3, -0.25) is 4.79 Å². The van der Waals surface area contributed by atoms with Gasteiger partial charge >= 0.3 is 0 Å². The van der Waals surface area contributed by atoms with E-state index < -0.39 is 0 Å². The lowest BCUT2D eigenvalue weighted by Gasteiger charge is -2.24. The molecule has 0 bridgehead atoms. The van der Waals surface area contributed by atoms with E-state index in [1.165, 1.54) is 24.0 Å². The molecule has 1 aromatic carbocycles. The fraction of sp³-hybridized carbons (Fsp3) is 0.474. The number of H-pyrrole nitrogens is 1. The Morgan fingerprint density at radius 1 is 1.29 bits per heavy atom. The minimum absolute atomic E-state index is 0.0477. The van der Waals surface area contributed by atoms with Crippen LogP contribution in [0, 0.1) is 0 Å². The van der Waals surface area contributed by atoms with Crippen LogP contribution in [0.1, 0.15) is 52.6 Å². The molecule has 0 radical (unpaired) electrons. The van der Waals surface area contributed by atoms with Crippen LogP contribution in [0.2, 0.25) is 0 Å². The number of amides is 1. The number of nitrogens with zero attached hydrogens (tertiary/aromatic N) is 2. The first kappa shape index (κ1) is 15.4. The zero-order valence-corrected chi connectivity index (χ0v) is 14.0. The van der Waals surface area contributed by atoms with E-state index in [1.54, 1.807) is 19.5 Å². The summed E-state index contributed by atoms with van der Waals surface area (Å²) >= 11 is 0. The number of carbonyl (C=O) groups excluding carboxylic acids is 1. The molecule has 0 saturated carbocycles. The van der Waals surface area contributed by atoms with Crippen molar-refractivity contribution < 1.29 is 9.53 Å². The van der Waals surface area contributed by atoms with Gasteiger partial charge in [0.05, 0.1) is 12.1 Å². The molecule has 1 aliphatic carbocycles. The van der Waals surface area contributed by atoms with E-state index in [1.807, 2.05) is 11.0 Å². The van der Waals surface area contributed by atoms with Gasteiger partial charge in [-0.15, -0.1) is 0 Å². The van der Waals surface area contributed by atoms with Gasteiger partial charge in [0.25, 0.3) is 5.91 Å². The third-order valence-electron chi connectivity index (χ3n) is 5.29. The second-order valence-electron chi connectivity index (χ2n) is 6.73. The lowest BCUT2D eigenvalue weighted by atomic mass is 9.90. The molecule has 1 saturated heterocycles. The number of aryl methyl sites for hydroxylation is 2. The van der Waals surface area contributed by atoms with Crippen LogP contribution in [-0.2, 0) is 17.6 Å². The second kappa shape index (κ2) is 6.40. The first-order valence-electron chi connectivity index (χ1n) is 8.71. The number of hydrogen-bond donors (Lipinski definition) is 1. The highest BCUT2D eigenvalue weighted by molar-refractivity contribution is 5.95. The van der Waals surface area contributed by atoms with Gasteiger partial charge < -0.3 is 14.6 Å². The summed E-state index contributed by atoms with van der Waals surface area (Å²) in [4.78, 5) is 22.5. The SMILES string of the molecule is CO[C@@H]1CC(c2ncc[nH]2)N(C(=O)c2ccc3c(c2)CCCC3)C1. The summed E-state index contributed by atoms with van der Waals surface area (Å²) in [6.07, 6.45) is 9.06. The van der Waals surface area contributed by atoms with E-state index in [-0.39, 0.29) is 18.1 Å². The average molecular weight is 325 g/mol. The molecule has 126 valence electrons. The zero-order chi connectivity index (χ0) is 16.5. The van der Waals surface area contributed by atoms with Gasteiger partial charge in [-0.2, -0.15) is 0 Å². The molecule has 0 spiro atoms. The second-order valence-corrected chi connectivity index (χ2v) is 6.73. The van der Waals surface area contributed by atoms with Crippen molar-refractivity contribution in [2.45, 2.75) is 44.2 Å². The molecule has 2 aromatic rings. The normalized spacial score (nSPS) is 23.3. The average Bonchev–Trinajstić information content (AvgIpc) is 3.29. The van der Waals surface area contributed by atoms with Crippen LogP contribution in [0.4, 0.5) is 0 Å². The monoisotopic (exact) mass is 325 g/mol. The highest BCUT2D eigenvalue weighted by atomic mass is 16.5.